The summed E-state index contributed by atoms with van der Waals surface area (Å²) in [5.74, 6) is 0.132. The van der Waals surface area contributed by atoms with E-state index >= 15 is 0 Å². The predicted octanol–water partition coefficient (Wildman–Crippen LogP) is 2.20. The van der Waals surface area contributed by atoms with Crippen molar-refractivity contribution in [3.8, 4) is 0 Å². The second kappa shape index (κ2) is 5.60. The van der Waals surface area contributed by atoms with Crippen LogP contribution in [0.4, 0.5) is 11.4 Å². The van der Waals surface area contributed by atoms with Crippen LogP contribution in [0.3, 0.4) is 0 Å². The van der Waals surface area contributed by atoms with E-state index in [9.17, 15) is 4.79 Å². The van der Waals surface area contributed by atoms with Gasteiger partial charge in [-0.15, -0.1) is 0 Å². The normalized spacial score (nSPS) is 18.3. The van der Waals surface area contributed by atoms with Crippen molar-refractivity contribution in [3.05, 3.63) is 42.2 Å². The number of aromatic nitrogens is 2. The lowest BCUT2D eigenvalue weighted by Crippen LogP contribution is -2.33. The second-order valence-corrected chi connectivity index (χ2v) is 5.33. The number of hydrogen-bond donors (Lipinski definition) is 1. The highest BCUT2D eigenvalue weighted by molar-refractivity contribution is 6.01. The zero-order valence-electron chi connectivity index (χ0n) is 12.4. The molecule has 0 unspecified atom stereocenters. The van der Waals surface area contributed by atoms with Gasteiger partial charge < -0.3 is 10.2 Å². The summed E-state index contributed by atoms with van der Waals surface area (Å²) in [5.41, 5.74) is 2.94. The Labute approximate surface area is 124 Å². The molecule has 1 aromatic carbocycles. The Kier molecular flexibility index (Phi) is 3.64. The van der Waals surface area contributed by atoms with Gasteiger partial charge in [-0.3, -0.25) is 9.48 Å². The van der Waals surface area contributed by atoms with E-state index in [0.717, 1.165) is 36.5 Å². The first kappa shape index (κ1) is 13.7. The number of para-hydroxylation sites is 1. The molecule has 0 radical (unpaired) electrons. The average Bonchev–Trinajstić information content (AvgIpc) is 3.04. The first-order valence-electron chi connectivity index (χ1n) is 7.34. The van der Waals surface area contributed by atoms with Crippen molar-refractivity contribution in [1.82, 2.24) is 9.78 Å². The van der Waals surface area contributed by atoms with E-state index in [-0.39, 0.29) is 11.9 Å². The fourth-order valence-corrected chi connectivity index (χ4v) is 2.78. The monoisotopic (exact) mass is 284 g/mol. The van der Waals surface area contributed by atoms with E-state index in [4.69, 9.17) is 0 Å². The summed E-state index contributed by atoms with van der Waals surface area (Å²) in [6.07, 6.45) is 3.61. The Morgan fingerprint density at radius 2 is 2.10 bits per heavy atom. The second-order valence-electron chi connectivity index (χ2n) is 5.33. The van der Waals surface area contributed by atoms with Crippen molar-refractivity contribution in [1.29, 1.82) is 0 Å². The molecule has 0 saturated carbocycles. The molecule has 1 aliphatic heterocycles. The molecule has 5 nitrogen and oxygen atoms in total. The van der Waals surface area contributed by atoms with Gasteiger partial charge in [0.1, 0.15) is 6.04 Å². The third kappa shape index (κ3) is 2.63. The van der Waals surface area contributed by atoms with Crippen LogP contribution in [-0.4, -0.2) is 28.3 Å². The van der Waals surface area contributed by atoms with Gasteiger partial charge in [-0.2, -0.15) is 5.10 Å². The summed E-state index contributed by atoms with van der Waals surface area (Å²) in [7, 11) is 1.90. The molecule has 5 heteroatoms. The molecule has 0 bridgehead atoms. The van der Waals surface area contributed by atoms with Crippen molar-refractivity contribution in [3.63, 3.8) is 0 Å². The number of anilines is 2. The standard InChI is InChI=1S/C16H20N4O/c1-3-13-15(11-19(2)18-13)17-14-9-10-20(16(14)21)12-7-5-4-6-8-12/h4-8,11,14,17H,3,9-10H2,1-2H3/t14-/m1/s1. The molecule has 1 fully saturated rings. The highest BCUT2D eigenvalue weighted by atomic mass is 16.2. The Morgan fingerprint density at radius 3 is 2.81 bits per heavy atom. The van der Waals surface area contributed by atoms with Gasteiger partial charge in [-0.1, -0.05) is 25.1 Å². The van der Waals surface area contributed by atoms with Crippen molar-refractivity contribution in [2.45, 2.75) is 25.8 Å². The Balaban J connectivity index is 1.75. The number of nitrogens with zero attached hydrogens (tertiary/aromatic N) is 3. The minimum atomic E-state index is -0.167. The lowest BCUT2D eigenvalue weighted by Gasteiger charge is -2.17. The van der Waals surface area contributed by atoms with Crippen LogP contribution < -0.4 is 10.2 Å². The Hall–Kier alpha value is -2.30. The van der Waals surface area contributed by atoms with Gasteiger partial charge in [0.15, 0.2) is 0 Å². The molecule has 1 N–H and O–H groups in total. The van der Waals surface area contributed by atoms with Crippen LogP contribution in [0.2, 0.25) is 0 Å². The van der Waals surface area contributed by atoms with Crippen LogP contribution in [0.15, 0.2) is 36.5 Å². The Morgan fingerprint density at radius 1 is 1.33 bits per heavy atom. The first-order chi connectivity index (χ1) is 10.2. The van der Waals surface area contributed by atoms with E-state index in [0.29, 0.717) is 0 Å². The molecule has 1 aromatic heterocycles. The van der Waals surface area contributed by atoms with Gasteiger partial charge in [0.25, 0.3) is 0 Å². The summed E-state index contributed by atoms with van der Waals surface area (Å²) in [5, 5.41) is 7.76. The lowest BCUT2D eigenvalue weighted by molar-refractivity contribution is -0.117. The topological polar surface area (TPSA) is 50.2 Å². The fourth-order valence-electron chi connectivity index (χ4n) is 2.78. The average molecular weight is 284 g/mol. The van der Waals surface area contributed by atoms with Crippen LogP contribution in [0.1, 0.15) is 19.0 Å². The molecule has 2 aromatic rings. The Bertz CT molecular complexity index is 635. The SMILES string of the molecule is CCc1nn(C)cc1N[C@@H]1CCN(c2ccccc2)C1=O. The highest BCUT2D eigenvalue weighted by Crippen LogP contribution is 2.24. The van der Waals surface area contributed by atoms with Crippen molar-refractivity contribution in [2.75, 3.05) is 16.8 Å². The zero-order chi connectivity index (χ0) is 14.8. The summed E-state index contributed by atoms with van der Waals surface area (Å²) in [6.45, 7) is 2.82. The maximum Gasteiger partial charge on any atom is 0.249 e. The number of rotatable bonds is 4. The minimum Gasteiger partial charge on any atom is -0.371 e. The van der Waals surface area contributed by atoms with E-state index in [1.54, 1.807) is 4.68 Å². The summed E-state index contributed by atoms with van der Waals surface area (Å²) in [4.78, 5) is 14.4. The van der Waals surface area contributed by atoms with E-state index in [1.807, 2.05) is 48.5 Å². The van der Waals surface area contributed by atoms with E-state index in [1.165, 1.54) is 0 Å². The number of benzene rings is 1. The summed E-state index contributed by atoms with van der Waals surface area (Å²) in [6, 6.07) is 9.66. The van der Waals surface area contributed by atoms with Crippen molar-refractivity contribution >= 4 is 17.3 Å². The number of nitrogens with one attached hydrogen (secondary N) is 1. The minimum absolute atomic E-state index is 0.132. The lowest BCUT2D eigenvalue weighted by atomic mass is 10.2. The number of aryl methyl sites for hydroxylation is 2. The molecule has 1 amide bonds. The number of carbonyl (C=O) groups excluding carboxylic acids is 1. The third-order valence-electron chi connectivity index (χ3n) is 3.84. The fraction of sp³-hybridized carbons (Fsp3) is 0.375. The van der Waals surface area contributed by atoms with Gasteiger partial charge >= 0.3 is 0 Å². The van der Waals surface area contributed by atoms with E-state index in [2.05, 4.69) is 17.3 Å². The zero-order valence-corrected chi connectivity index (χ0v) is 12.4. The maximum absolute atomic E-state index is 12.6. The van der Waals surface area contributed by atoms with Crippen LogP contribution in [-0.2, 0) is 18.3 Å². The quantitative estimate of drug-likeness (QED) is 0.936. The van der Waals surface area contributed by atoms with Gasteiger partial charge in [0, 0.05) is 25.5 Å². The number of amides is 1. The molecule has 1 atom stereocenters. The van der Waals surface area contributed by atoms with Gasteiger partial charge in [-0.05, 0) is 25.0 Å². The van der Waals surface area contributed by atoms with Gasteiger partial charge in [-0.25, -0.2) is 0 Å². The maximum atomic E-state index is 12.6. The van der Waals surface area contributed by atoms with Gasteiger partial charge in [0.2, 0.25) is 5.91 Å². The molecular formula is C16H20N4O. The van der Waals surface area contributed by atoms with Crippen LogP contribution in [0, 0.1) is 0 Å². The van der Waals surface area contributed by atoms with Crippen molar-refractivity contribution in [2.24, 2.45) is 7.05 Å². The molecule has 1 aliphatic rings. The van der Waals surface area contributed by atoms with Gasteiger partial charge in [0.05, 0.1) is 11.4 Å². The molecule has 3 rings (SSSR count). The molecule has 21 heavy (non-hydrogen) atoms. The van der Waals surface area contributed by atoms with E-state index < -0.39 is 0 Å². The predicted molar refractivity (Wildman–Crippen MR) is 83.4 cm³/mol. The highest BCUT2D eigenvalue weighted by Gasteiger charge is 2.32. The molecule has 1 saturated heterocycles. The summed E-state index contributed by atoms with van der Waals surface area (Å²) < 4.78 is 1.79. The number of hydrogen-bond acceptors (Lipinski definition) is 3. The summed E-state index contributed by atoms with van der Waals surface area (Å²) >= 11 is 0. The van der Waals surface area contributed by atoms with Crippen LogP contribution >= 0.6 is 0 Å². The molecule has 0 spiro atoms. The first-order valence-corrected chi connectivity index (χ1v) is 7.34. The number of carbonyl (C=O) groups is 1. The largest absolute Gasteiger partial charge is 0.371 e. The van der Waals surface area contributed by atoms with Crippen LogP contribution in [0.25, 0.3) is 0 Å². The van der Waals surface area contributed by atoms with Crippen molar-refractivity contribution < 1.29 is 4.79 Å². The van der Waals surface area contributed by atoms with Crippen LogP contribution in [0.5, 0.6) is 0 Å². The third-order valence-corrected chi connectivity index (χ3v) is 3.84. The smallest absolute Gasteiger partial charge is 0.249 e. The molecular weight excluding hydrogens is 264 g/mol. The molecule has 2 heterocycles. The molecule has 0 aliphatic carbocycles. The molecule has 110 valence electrons.